The zero-order valence-corrected chi connectivity index (χ0v) is 11.9. The second kappa shape index (κ2) is 5.06. The smallest absolute Gasteiger partial charge is 0.309 e. The number of hydrogen-bond acceptors (Lipinski definition) is 4. The van der Waals surface area contributed by atoms with Gasteiger partial charge in [0.2, 0.25) is 0 Å². The van der Waals surface area contributed by atoms with Crippen molar-refractivity contribution in [2.45, 2.75) is 57.8 Å². The van der Waals surface area contributed by atoms with Crippen LogP contribution in [0.3, 0.4) is 0 Å². The fraction of sp³-hybridized carbons (Fsp3) is 0.933. The van der Waals surface area contributed by atoms with Gasteiger partial charge in [-0.1, -0.05) is 0 Å². The summed E-state index contributed by atoms with van der Waals surface area (Å²) in [7, 11) is 1.66. The average molecular weight is 268 g/mol. The van der Waals surface area contributed by atoms with E-state index in [9.17, 15) is 4.79 Å². The monoisotopic (exact) mass is 268 g/mol. The zero-order valence-electron chi connectivity index (χ0n) is 11.9. The maximum absolute atomic E-state index is 12.0. The van der Waals surface area contributed by atoms with Crippen molar-refractivity contribution in [2.75, 3.05) is 13.7 Å². The third-order valence-corrected chi connectivity index (χ3v) is 5.21. The molecule has 4 bridgehead atoms. The first-order chi connectivity index (χ1) is 9.10. The minimum Gasteiger partial charge on any atom is -0.462 e. The number of carbonyl (C=O) groups excluding carboxylic acids is 1. The molecule has 5 atom stereocenters. The Morgan fingerprint density at radius 3 is 3.00 bits per heavy atom. The Balaban J connectivity index is 1.65. The van der Waals surface area contributed by atoms with Crippen molar-refractivity contribution >= 4 is 5.97 Å². The van der Waals surface area contributed by atoms with E-state index in [1.54, 1.807) is 7.11 Å². The van der Waals surface area contributed by atoms with E-state index in [0.29, 0.717) is 5.92 Å². The predicted octanol–water partition coefficient (Wildman–Crippen LogP) is 2.51. The molecule has 2 heterocycles. The van der Waals surface area contributed by atoms with Gasteiger partial charge < -0.3 is 14.2 Å². The molecule has 4 fully saturated rings. The molecule has 4 nitrogen and oxygen atoms in total. The van der Waals surface area contributed by atoms with Crippen molar-refractivity contribution in [3.63, 3.8) is 0 Å². The van der Waals surface area contributed by atoms with Crippen LogP contribution in [0.25, 0.3) is 0 Å². The summed E-state index contributed by atoms with van der Waals surface area (Å²) in [6.07, 6.45) is 6.47. The van der Waals surface area contributed by atoms with Crippen molar-refractivity contribution in [1.29, 1.82) is 0 Å². The number of carbonyl (C=O) groups is 1. The van der Waals surface area contributed by atoms with Crippen LogP contribution >= 0.6 is 0 Å². The summed E-state index contributed by atoms with van der Waals surface area (Å²) in [5, 5.41) is 0. The molecule has 19 heavy (non-hydrogen) atoms. The summed E-state index contributed by atoms with van der Waals surface area (Å²) in [5.41, 5.74) is 0.274. The van der Waals surface area contributed by atoms with Crippen LogP contribution in [-0.4, -0.2) is 32.1 Å². The summed E-state index contributed by atoms with van der Waals surface area (Å²) >= 11 is 0. The Labute approximate surface area is 114 Å². The molecule has 0 aromatic rings. The molecule has 0 aromatic heterocycles. The molecule has 0 aromatic carbocycles. The molecule has 4 aliphatic rings. The number of ether oxygens (including phenoxy) is 3. The first kappa shape index (κ1) is 13.4. The minimum absolute atomic E-state index is 0.0558. The van der Waals surface area contributed by atoms with E-state index in [1.165, 1.54) is 6.42 Å². The molecule has 4 heteroatoms. The molecule has 2 aliphatic carbocycles. The first-order valence-electron chi connectivity index (χ1n) is 7.45. The average Bonchev–Trinajstić information content (AvgIpc) is 2.52. The van der Waals surface area contributed by atoms with Crippen LogP contribution in [0, 0.1) is 17.3 Å². The molecule has 0 spiro atoms. The zero-order chi connectivity index (χ0) is 13.5. The van der Waals surface area contributed by atoms with E-state index in [1.807, 2.05) is 6.92 Å². The summed E-state index contributed by atoms with van der Waals surface area (Å²) < 4.78 is 16.4. The number of rotatable bonds is 5. The SMILES string of the molecule is COC(C)OCCC12CC3CC(C1)OC(=O)C(C3)C2. The predicted molar refractivity (Wildman–Crippen MR) is 69.4 cm³/mol. The first-order valence-corrected chi connectivity index (χ1v) is 7.45. The lowest BCUT2D eigenvalue weighted by Gasteiger charge is -2.46. The van der Waals surface area contributed by atoms with Crippen LogP contribution in [0.1, 0.15) is 45.4 Å². The van der Waals surface area contributed by atoms with Crippen molar-refractivity contribution in [1.82, 2.24) is 0 Å². The number of methoxy groups -OCH3 is 1. The lowest BCUT2D eigenvalue weighted by molar-refractivity contribution is -0.151. The van der Waals surface area contributed by atoms with Gasteiger partial charge in [0.1, 0.15) is 6.10 Å². The maximum atomic E-state index is 12.0. The van der Waals surface area contributed by atoms with Gasteiger partial charge in [-0.05, 0) is 56.8 Å². The summed E-state index contributed by atoms with van der Waals surface area (Å²) in [5.74, 6) is 0.884. The van der Waals surface area contributed by atoms with E-state index < -0.39 is 0 Å². The third kappa shape index (κ3) is 2.65. The molecular weight excluding hydrogens is 244 g/mol. The van der Waals surface area contributed by atoms with Gasteiger partial charge in [-0.3, -0.25) is 4.79 Å². The fourth-order valence-electron chi connectivity index (χ4n) is 4.42. The van der Waals surface area contributed by atoms with Crippen LogP contribution in [0.15, 0.2) is 0 Å². The van der Waals surface area contributed by atoms with Gasteiger partial charge in [0.15, 0.2) is 6.29 Å². The lowest BCUT2D eigenvalue weighted by atomic mass is 9.58. The minimum atomic E-state index is -0.144. The van der Waals surface area contributed by atoms with E-state index in [2.05, 4.69) is 0 Å². The van der Waals surface area contributed by atoms with Gasteiger partial charge >= 0.3 is 5.97 Å². The molecule has 4 rings (SSSR count). The summed E-state index contributed by atoms with van der Waals surface area (Å²) in [4.78, 5) is 12.0. The summed E-state index contributed by atoms with van der Waals surface area (Å²) in [6.45, 7) is 2.63. The Morgan fingerprint density at radius 1 is 1.37 bits per heavy atom. The molecule has 108 valence electrons. The van der Waals surface area contributed by atoms with Gasteiger partial charge in [0, 0.05) is 7.11 Å². The van der Waals surface area contributed by atoms with Gasteiger partial charge in [0.25, 0.3) is 0 Å². The van der Waals surface area contributed by atoms with Gasteiger partial charge in [0.05, 0.1) is 12.5 Å². The Morgan fingerprint density at radius 2 is 2.21 bits per heavy atom. The Hall–Kier alpha value is -0.610. The molecule has 2 saturated carbocycles. The number of esters is 1. The quantitative estimate of drug-likeness (QED) is 0.567. The highest BCUT2D eigenvalue weighted by Gasteiger charge is 2.52. The molecule has 5 unspecified atom stereocenters. The van der Waals surface area contributed by atoms with Crippen LogP contribution in [0.5, 0.6) is 0 Å². The molecule has 0 amide bonds. The second-order valence-electron chi connectivity index (χ2n) is 6.63. The van der Waals surface area contributed by atoms with Crippen molar-refractivity contribution in [2.24, 2.45) is 17.3 Å². The lowest BCUT2D eigenvalue weighted by Crippen LogP contribution is -2.40. The van der Waals surface area contributed by atoms with Gasteiger partial charge in [-0.15, -0.1) is 0 Å². The highest BCUT2D eigenvalue weighted by atomic mass is 16.7. The van der Waals surface area contributed by atoms with Crippen LogP contribution in [0.2, 0.25) is 0 Å². The molecule has 0 N–H and O–H groups in total. The highest BCUT2D eigenvalue weighted by molar-refractivity contribution is 5.73. The van der Waals surface area contributed by atoms with Crippen molar-refractivity contribution < 1.29 is 19.0 Å². The molecule has 0 radical (unpaired) electrons. The third-order valence-electron chi connectivity index (χ3n) is 5.21. The van der Waals surface area contributed by atoms with E-state index in [0.717, 1.165) is 38.7 Å². The van der Waals surface area contributed by atoms with Crippen molar-refractivity contribution in [3.05, 3.63) is 0 Å². The van der Waals surface area contributed by atoms with Crippen LogP contribution < -0.4 is 0 Å². The van der Waals surface area contributed by atoms with Crippen LogP contribution in [0.4, 0.5) is 0 Å². The van der Waals surface area contributed by atoms with E-state index >= 15 is 0 Å². The van der Waals surface area contributed by atoms with Crippen LogP contribution in [-0.2, 0) is 19.0 Å². The molecule has 2 aliphatic heterocycles. The standard InChI is InChI=1S/C15H24O4/c1-10(17-2)18-4-3-15-7-11-5-12(8-15)14(16)19-13(6-11)9-15/h10-13H,3-9H2,1-2H3. The van der Waals surface area contributed by atoms with E-state index in [4.69, 9.17) is 14.2 Å². The van der Waals surface area contributed by atoms with Crippen molar-refractivity contribution in [3.8, 4) is 0 Å². The van der Waals surface area contributed by atoms with E-state index in [-0.39, 0.29) is 29.7 Å². The maximum Gasteiger partial charge on any atom is 0.309 e. The topological polar surface area (TPSA) is 44.8 Å². The fourth-order valence-corrected chi connectivity index (χ4v) is 4.42. The second-order valence-corrected chi connectivity index (χ2v) is 6.63. The van der Waals surface area contributed by atoms with Gasteiger partial charge in [-0.25, -0.2) is 0 Å². The largest absolute Gasteiger partial charge is 0.462 e. The van der Waals surface area contributed by atoms with Gasteiger partial charge in [-0.2, -0.15) is 0 Å². The highest BCUT2D eigenvalue weighted by Crippen LogP contribution is 2.56. The normalized spacial score (nSPS) is 42.0. The number of hydrogen-bond donors (Lipinski definition) is 0. The number of fused-ring (bicyclic) bond motifs is 1. The molecule has 2 saturated heterocycles. The summed E-state index contributed by atoms with van der Waals surface area (Å²) in [6, 6.07) is 0. The Kier molecular flexibility index (Phi) is 3.56. The molecular formula is C15H24O4. The Bertz CT molecular complexity index is 356.